The number of hydrogen-bond donors (Lipinski definition) is 3. The lowest BCUT2D eigenvalue weighted by molar-refractivity contribution is -0.155. The molecule has 0 radical (unpaired) electrons. The van der Waals surface area contributed by atoms with Crippen LogP contribution in [-0.4, -0.2) is 24.6 Å². The van der Waals surface area contributed by atoms with Gasteiger partial charge < -0.3 is 15.8 Å². The Kier molecular flexibility index (Phi) is 8.94. The maximum atomic E-state index is 12.2. The average Bonchev–Trinajstić information content (AvgIpc) is 2.50. The third-order valence-corrected chi connectivity index (χ3v) is 4.54. The van der Waals surface area contributed by atoms with Crippen molar-refractivity contribution in [2.24, 2.45) is 17.6 Å². The molecule has 1 fully saturated rings. The standard InChI is InChI=1S/C17H33N3O2/c1-3-4-5-6-7-13(2)22-16(21)15-10-8-14(9-11-15)12-20-17(18)19/h13-15H,3-12H2,1-2H3,(H4,18,19,20). The number of rotatable bonds is 9. The Morgan fingerprint density at radius 3 is 2.55 bits per heavy atom. The van der Waals surface area contributed by atoms with Crippen LogP contribution in [0.3, 0.4) is 0 Å². The zero-order chi connectivity index (χ0) is 16.4. The lowest BCUT2D eigenvalue weighted by atomic mass is 9.82. The zero-order valence-electron chi connectivity index (χ0n) is 14.2. The van der Waals surface area contributed by atoms with Gasteiger partial charge in [0.25, 0.3) is 0 Å². The Bertz CT molecular complexity index is 339. The van der Waals surface area contributed by atoms with Crippen LogP contribution in [0.5, 0.6) is 0 Å². The molecule has 4 N–H and O–H groups in total. The van der Waals surface area contributed by atoms with Crippen molar-refractivity contribution >= 4 is 11.9 Å². The maximum Gasteiger partial charge on any atom is 0.309 e. The minimum Gasteiger partial charge on any atom is -0.462 e. The average molecular weight is 311 g/mol. The fourth-order valence-corrected chi connectivity index (χ4v) is 3.07. The van der Waals surface area contributed by atoms with Crippen molar-refractivity contribution in [3.05, 3.63) is 0 Å². The fourth-order valence-electron chi connectivity index (χ4n) is 3.07. The predicted octanol–water partition coefficient (Wildman–Crippen LogP) is 3.18. The van der Waals surface area contributed by atoms with Gasteiger partial charge in [-0.3, -0.25) is 10.2 Å². The molecule has 128 valence electrons. The topological polar surface area (TPSA) is 88.2 Å². The Labute approximate surface area is 134 Å². The lowest BCUT2D eigenvalue weighted by Gasteiger charge is -2.28. The maximum absolute atomic E-state index is 12.2. The molecule has 0 aromatic carbocycles. The summed E-state index contributed by atoms with van der Waals surface area (Å²) in [5, 5.41) is 10.0. The molecule has 1 rings (SSSR count). The van der Waals surface area contributed by atoms with Crippen molar-refractivity contribution in [3.63, 3.8) is 0 Å². The van der Waals surface area contributed by atoms with Crippen molar-refractivity contribution in [3.8, 4) is 0 Å². The molecule has 5 nitrogen and oxygen atoms in total. The van der Waals surface area contributed by atoms with E-state index in [0.717, 1.165) is 45.1 Å². The van der Waals surface area contributed by atoms with Crippen LogP contribution in [0.1, 0.15) is 71.6 Å². The second-order valence-corrected chi connectivity index (χ2v) is 6.61. The monoisotopic (exact) mass is 311 g/mol. The molecule has 0 aromatic heterocycles. The summed E-state index contributed by atoms with van der Waals surface area (Å²) in [6.45, 7) is 4.95. The number of carbonyl (C=O) groups excluding carboxylic acids is 1. The number of ether oxygens (including phenoxy) is 1. The van der Waals surface area contributed by atoms with E-state index in [-0.39, 0.29) is 24.0 Å². The number of nitrogens with one attached hydrogen (secondary N) is 2. The molecule has 0 spiro atoms. The summed E-state index contributed by atoms with van der Waals surface area (Å²) >= 11 is 0. The smallest absolute Gasteiger partial charge is 0.309 e. The van der Waals surface area contributed by atoms with Crippen LogP contribution in [0, 0.1) is 17.2 Å². The second kappa shape index (κ2) is 10.5. The summed E-state index contributed by atoms with van der Waals surface area (Å²) in [7, 11) is 0. The first-order valence-corrected chi connectivity index (χ1v) is 8.81. The first kappa shape index (κ1) is 18.8. The van der Waals surface area contributed by atoms with Crippen molar-refractivity contribution in [1.82, 2.24) is 5.32 Å². The number of unbranched alkanes of at least 4 members (excludes halogenated alkanes) is 3. The molecule has 1 unspecified atom stereocenters. The van der Waals surface area contributed by atoms with Gasteiger partial charge in [0, 0.05) is 6.54 Å². The van der Waals surface area contributed by atoms with E-state index < -0.39 is 0 Å². The minimum atomic E-state index is -0.0130. The molecule has 0 amide bonds. The van der Waals surface area contributed by atoms with Crippen LogP contribution >= 0.6 is 0 Å². The van der Waals surface area contributed by atoms with Gasteiger partial charge in [0.2, 0.25) is 0 Å². The van der Waals surface area contributed by atoms with Gasteiger partial charge in [-0.15, -0.1) is 0 Å². The van der Waals surface area contributed by atoms with Crippen LogP contribution in [0.2, 0.25) is 0 Å². The molecule has 0 saturated heterocycles. The quantitative estimate of drug-likeness (QED) is 0.264. The summed E-state index contributed by atoms with van der Waals surface area (Å²) in [6, 6.07) is 0. The Morgan fingerprint density at radius 2 is 1.95 bits per heavy atom. The van der Waals surface area contributed by atoms with Crippen molar-refractivity contribution in [1.29, 1.82) is 5.41 Å². The fraction of sp³-hybridized carbons (Fsp3) is 0.882. The summed E-state index contributed by atoms with van der Waals surface area (Å²) in [4.78, 5) is 12.2. The normalized spacial score (nSPS) is 22.8. The highest BCUT2D eigenvalue weighted by molar-refractivity contribution is 5.74. The number of nitrogens with two attached hydrogens (primary N) is 1. The Balaban J connectivity index is 2.17. The predicted molar refractivity (Wildman–Crippen MR) is 89.7 cm³/mol. The summed E-state index contributed by atoms with van der Waals surface area (Å²) in [6.07, 6.45) is 9.69. The summed E-state index contributed by atoms with van der Waals surface area (Å²) in [5.74, 6) is 0.588. The Morgan fingerprint density at radius 1 is 1.27 bits per heavy atom. The van der Waals surface area contributed by atoms with Crippen LogP contribution in [-0.2, 0) is 9.53 Å². The van der Waals surface area contributed by atoms with Gasteiger partial charge in [0.05, 0.1) is 12.0 Å². The molecule has 0 bridgehead atoms. The molecule has 0 heterocycles. The molecule has 0 aromatic rings. The number of esters is 1. The number of carbonyl (C=O) groups is 1. The van der Waals surface area contributed by atoms with E-state index in [0.29, 0.717) is 5.92 Å². The van der Waals surface area contributed by atoms with E-state index in [1.54, 1.807) is 0 Å². The number of guanidine groups is 1. The molecule has 5 heteroatoms. The summed E-state index contributed by atoms with van der Waals surface area (Å²) < 4.78 is 5.59. The highest BCUT2D eigenvalue weighted by Crippen LogP contribution is 2.29. The van der Waals surface area contributed by atoms with Gasteiger partial charge in [-0.25, -0.2) is 0 Å². The van der Waals surface area contributed by atoms with E-state index in [9.17, 15) is 4.79 Å². The van der Waals surface area contributed by atoms with Gasteiger partial charge >= 0.3 is 5.97 Å². The van der Waals surface area contributed by atoms with Crippen LogP contribution in [0.4, 0.5) is 0 Å². The Hall–Kier alpha value is -1.26. The van der Waals surface area contributed by atoms with Crippen LogP contribution in [0.25, 0.3) is 0 Å². The zero-order valence-corrected chi connectivity index (χ0v) is 14.2. The van der Waals surface area contributed by atoms with E-state index >= 15 is 0 Å². The number of hydrogen-bond acceptors (Lipinski definition) is 3. The molecule has 22 heavy (non-hydrogen) atoms. The first-order chi connectivity index (χ1) is 10.5. The molecule has 0 aliphatic heterocycles. The highest BCUT2D eigenvalue weighted by Gasteiger charge is 2.28. The van der Waals surface area contributed by atoms with Crippen LogP contribution in [0.15, 0.2) is 0 Å². The van der Waals surface area contributed by atoms with E-state index in [1.807, 2.05) is 6.92 Å². The molecule has 1 aliphatic rings. The minimum absolute atomic E-state index is 0.0130. The van der Waals surface area contributed by atoms with Crippen molar-refractivity contribution < 1.29 is 9.53 Å². The van der Waals surface area contributed by atoms with Gasteiger partial charge in [0.1, 0.15) is 0 Å². The second-order valence-electron chi connectivity index (χ2n) is 6.61. The van der Waals surface area contributed by atoms with Crippen LogP contribution < -0.4 is 11.1 Å². The van der Waals surface area contributed by atoms with Gasteiger partial charge in [-0.1, -0.05) is 26.2 Å². The SMILES string of the molecule is CCCCCCC(C)OC(=O)C1CCC(CNC(=N)N)CC1. The van der Waals surface area contributed by atoms with Gasteiger partial charge in [-0.05, 0) is 51.4 Å². The summed E-state index contributed by atoms with van der Waals surface area (Å²) in [5.41, 5.74) is 5.30. The van der Waals surface area contributed by atoms with Gasteiger partial charge in [-0.2, -0.15) is 0 Å². The molecular weight excluding hydrogens is 278 g/mol. The van der Waals surface area contributed by atoms with E-state index in [4.69, 9.17) is 15.9 Å². The lowest BCUT2D eigenvalue weighted by Crippen LogP contribution is -2.36. The van der Waals surface area contributed by atoms with E-state index in [1.165, 1.54) is 19.3 Å². The molecule has 1 atom stereocenters. The third-order valence-electron chi connectivity index (χ3n) is 4.54. The van der Waals surface area contributed by atoms with Crippen molar-refractivity contribution in [2.45, 2.75) is 77.7 Å². The van der Waals surface area contributed by atoms with Crippen molar-refractivity contribution in [2.75, 3.05) is 6.54 Å². The van der Waals surface area contributed by atoms with E-state index in [2.05, 4.69) is 12.2 Å². The highest BCUT2D eigenvalue weighted by atomic mass is 16.5. The molecule has 1 aliphatic carbocycles. The molecule has 1 saturated carbocycles. The largest absolute Gasteiger partial charge is 0.462 e. The first-order valence-electron chi connectivity index (χ1n) is 8.81. The third kappa shape index (κ3) is 7.66. The molecular formula is C17H33N3O2. The van der Waals surface area contributed by atoms with Gasteiger partial charge in [0.15, 0.2) is 5.96 Å².